The molecule has 0 atom stereocenters. The third kappa shape index (κ3) is 5.00. The fourth-order valence-corrected chi connectivity index (χ4v) is 2.97. The van der Waals surface area contributed by atoms with Crippen LogP contribution in [0.2, 0.25) is 0 Å². The van der Waals surface area contributed by atoms with Crippen LogP contribution >= 0.6 is 24.8 Å². The molecule has 2 heterocycles. The summed E-state index contributed by atoms with van der Waals surface area (Å²) in [6.07, 6.45) is 2.08. The van der Waals surface area contributed by atoms with Gasteiger partial charge in [-0.3, -0.25) is 4.79 Å². The quantitative estimate of drug-likeness (QED) is 0.735. The number of pyridine rings is 1. The molecule has 1 amide bonds. The molecule has 0 spiro atoms. The summed E-state index contributed by atoms with van der Waals surface area (Å²) in [5, 5.41) is 6.16. The van der Waals surface area contributed by atoms with Crippen LogP contribution in [0.4, 0.5) is 11.5 Å². The average Bonchev–Trinajstić information content (AvgIpc) is 2.62. The maximum Gasteiger partial charge on any atom is 0.259 e. The van der Waals surface area contributed by atoms with Crippen molar-refractivity contribution in [2.75, 3.05) is 31.2 Å². The van der Waals surface area contributed by atoms with Crippen LogP contribution in [0.15, 0.2) is 36.4 Å². The van der Waals surface area contributed by atoms with Gasteiger partial charge < -0.3 is 21.1 Å². The second-order valence-electron chi connectivity index (χ2n) is 5.85. The van der Waals surface area contributed by atoms with Crippen molar-refractivity contribution in [3.63, 3.8) is 0 Å². The molecule has 1 aliphatic rings. The number of aromatic nitrogens is 1. The molecule has 0 aliphatic carbocycles. The van der Waals surface area contributed by atoms with Crippen molar-refractivity contribution in [2.24, 2.45) is 0 Å². The van der Waals surface area contributed by atoms with Crippen molar-refractivity contribution >= 4 is 42.2 Å². The molecule has 1 aromatic carbocycles. The highest BCUT2D eigenvalue weighted by Gasteiger charge is 2.19. The first kappa shape index (κ1) is 22.0. The third-order valence-electron chi connectivity index (χ3n) is 4.30. The summed E-state index contributed by atoms with van der Waals surface area (Å²) in [4.78, 5) is 17.0. The number of piperidine rings is 1. The molecule has 6 nitrogen and oxygen atoms in total. The van der Waals surface area contributed by atoms with E-state index in [-0.39, 0.29) is 36.5 Å². The Labute approximate surface area is 165 Å². The van der Waals surface area contributed by atoms with Crippen LogP contribution in [0.1, 0.15) is 34.8 Å². The lowest BCUT2D eigenvalue weighted by atomic mass is 9.94. The largest absolute Gasteiger partial charge is 0.495 e. The molecule has 8 heteroatoms. The SMILES string of the molecule is COc1ccccc1NC(=O)c1ccc(C2CCNCC2)nc1N.Cl.Cl. The Bertz CT molecular complexity index is 737. The first-order chi connectivity index (χ1) is 11.7. The average molecular weight is 399 g/mol. The van der Waals surface area contributed by atoms with Crippen LogP contribution < -0.4 is 21.1 Å². The number of nitrogens with one attached hydrogen (secondary N) is 2. The number of ether oxygens (including phenoxy) is 1. The van der Waals surface area contributed by atoms with Gasteiger partial charge >= 0.3 is 0 Å². The summed E-state index contributed by atoms with van der Waals surface area (Å²) < 4.78 is 5.24. The molecule has 0 radical (unpaired) electrons. The van der Waals surface area contributed by atoms with E-state index in [1.54, 1.807) is 25.3 Å². The Morgan fingerprint density at radius 1 is 1.19 bits per heavy atom. The van der Waals surface area contributed by atoms with E-state index in [0.29, 0.717) is 22.9 Å². The topological polar surface area (TPSA) is 89.3 Å². The maximum atomic E-state index is 12.5. The van der Waals surface area contributed by atoms with Gasteiger partial charge in [0.1, 0.15) is 11.6 Å². The molecule has 0 unspecified atom stereocenters. The van der Waals surface area contributed by atoms with Gasteiger partial charge in [-0.2, -0.15) is 0 Å². The number of hydrogen-bond donors (Lipinski definition) is 3. The van der Waals surface area contributed by atoms with Crippen LogP contribution in [-0.2, 0) is 0 Å². The number of hydrogen-bond acceptors (Lipinski definition) is 5. The molecular formula is C18H24Cl2N4O2. The van der Waals surface area contributed by atoms with Crippen LogP contribution in [0.5, 0.6) is 5.75 Å². The Balaban J connectivity index is 0.00000169. The molecule has 1 fully saturated rings. The first-order valence-corrected chi connectivity index (χ1v) is 8.10. The third-order valence-corrected chi connectivity index (χ3v) is 4.30. The van der Waals surface area contributed by atoms with Gasteiger partial charge in [-0.15, -0.1) is 24.8 Å². The molecular weight excluding hydrogens is 375 g/mol. The zero-order valence-corrected chi connectivity index (χ0v) is 16.2. The predicted octanol–water partition coefficient (Wildman–Crippen LogP) is 3.24. The standard InChI is InChI=1S/C18H22N4O2.2ClH/c1-24-16-5-3-2-4-15(16)22-18(23)13-6-7-14(21-17(13)19)12-8-10-20-11-9-12;;/h2-7,12,20H,8-11H2,1H3,(H2,19,21)(H,22,23);2*1H. The Morgan fingerprint density at radius 2 is 1.88 bits per heavy atom. The molecule has 26 heavy (non-hydrogen) atoms. The maximum absolute atomic E-state index is 12.5. The van der Waals surface area contributed by atoms with E-state index in [4.69, 9.17) is 10.5 Å². The van der Waals surface area contributed by atoms with Crippen molar-refractivity contribution in [1.82, 2.24) is 10.3 Å². The number of carbonyl (C=O) groups is 1. The minimum atomic E-state index is -0.290. The summed E-state index contributed by atoms with van der Waals surface area (Å²) in [5.74, 6) is 0.975. The summed E-state index contributed by atoms with van der Waals surface area (Å²) in [6, 6.07) is 10.9. The van der Waals surface area contributed by atoms with Crippen molar-refractivity contribution < 1.29 is 9.53 Å². The van der Waals surface area contributed by atoms with Gasteiger partial charge in [0.25, 0.3) is 5.91 Å². The second-order valence-corrected chi connectivity index (χ2v) is 5.85. The van der Waals surface area contributed by atoms with Gasteiger partial charge in [-0.25, -0.2) is 4.98 Å². The van der Waals surface area contributed by atoms with Crippen LogP contribution in [0, 0.1) is 0 Å². The van der Waals surface area contributed by atoms with Gasteiger partial charge in [0.15, 0.2) is 0 Å². The molecule has 1 aromatic heterocycles. The number of anilines is 2. The monoisotopic (exact) mass is 398 g/mol. The molecule has 2 aromatic rings. The highest BCUT2D eigenvalue weighted by Crippen LogP contribution is 2.27. The number of methoxy groups -OCH3 is 1. The smallest absolute Gasteiger partial charge is 0.259 e. The lowest BCUT2D eigenvalue weighted by Gasteiger charge is -2.22. The van der Waals surface area contributed by atoms with Gasteiger partial charge in [-0.05, 0) is 50.2 Å². The van der Waals surface area contributed by atoms with Gasteiger partial charge in [-0.1, -0.05) is 12.1 Å². The number of rotatable bonds is 4. The molecule has 4 N–H and O–H groups in total. The normalized spacial score (nSPS) is 13.9. The van der Waals surface area contributed by atoms with E-state index in [2.05, 4.69) is 15.6 Å². The van der Waals surface area contributed by atoms with E-state index < -0.39 is 0 Å². The second kappa shape index (κ2) is 10.2. The number of nitrogen functional groups attached to an aromatic ring is 1. The summed E-state index contributed by atoms with van der Waals surface area (Å²) in [5.41, 5.74) is 7.97. The predicted molar refractivity (Wildman–Crippen MR) is 109 cm³/mol. The van der Waals surface area contributed by atoms with Crippen LogP contribution in [0.25, 0.3) is 0 Å². The Kier molecular flexibility index (Phi) is 8.65. The molecule has 0 saturated carbocycles. The zero-order valence-electron chi connectivity index (χ0n) is 14.5. The van der Waals surface area contributed by atoms with E-state index >= 15 is 0 Å². The number of halogens is 2. The van der Waals surface area contributed by atoms with E-state index in [9.17, 15) is 4.79 Å². The number of nitrogens with zero attached hydrogens (tertiary/aromatic N) is 1. The number of benzene rings is 1. The van der Waals surface area contributed by atoms with E-state index in [0.717, 1.165) is 31.6 Å². The van der Waals surface area contributed by atoms with Crippen molar-refractivity contribution in [3.05, 3.63) is 47.7 Å². The van der Waals surface area contributed by atoms with Crippen LogP contribution in [0.3, 0.4) is 0 Å². The molecule has 1 saturated heterocycles. The molecule has 1 aliphatic heterocycles. The van der Waals surface area contributed by atoms with E-state index in [1.165, 1.54) is 0 Å². The number of nitrogens with two attached hydrogens (primary N) is 1. The minimum absolute atomic E-state index is 0. The summed E-state index contributed by atoms with van der Waals surface area (Å²) in [6.45, 7) is 1.98. The molecule has 142 valence electrons. The fraction of sp³-hybridized carbons (Fsp3) is 0.333. The molecule has 0 bridgehead atoms. The number of para-hydroxylation sites is 2. The van der Waals surface area contributed by atoms with Crippen molar-refractivity contribution in [1.29, 1.82) is 0 Å². The summed E-state index contributed by atoms with van der Waals surface area (Å²) >= 11 is 0. The highest BCUT2D eigenvalue weighted by molar-refractivity contribution is 6.07. The van der Waals surface area contributed by atoms with Crippen molar-refractivity contribution in [3.8, 4) is 5.75 Å². The lowest BCUT2D eigenvalue weighted by Crippen LogP contribution is -2.27. The summed E-state index contributed by atoms with van der Waals surface area (Å²) in [7, 11) is 1.56. The number of amides is 1. The number of carbonyl (C=O) groups excluding carboxylic acids is 1. The van der Waals surface area contributed by atoms with Crippen LogP contribution in [-0.4, -0.2) is 31.1 Å². The Morgan fingerprint density at radius 3 is 2.54 bits per heavy atom. The Hall–Kier alpha value is -2.02. The highest BCUT2D eigenvalue weighted by atomic mass is 35.5. The fourth-order valence-electron chi connectivity index (χ4n) is 2.97. The van der Waals surface area contributed by atoms with Gasteiger partial charge in [0, 0.05) is 11.6 Å². The minimum Gasteiger partial charge on any atom is -0.495 e. The lowest BCUT2D eigenvalue weighted by molar-refractivity contribution is 0.102. The zero-order chi connectivity index (χ0) is 16.9. The molecule has 3 rings (SSSR count). The van der Waals surface area contributed by atoms with Gasteiger partial charge in [0.05, 0.1) is 18.4 Å². The first-order valence-electron chi connectivity index (χ1n) is 8.10. The van der Waals surface area contributed by atoms with Crippen molar-refractivity contribution in [2.45, 2.75) is 18.8 Å². The van der Waals surface area contributed by atoms with Gasteiger partial charge in [0.2, 0.25) is 0 Å². The van der Waals surface area contributed by atoms with E-state index in [1.807, 2.05) is 18.2 Å².